The first kappa shape index (κ1) is 17.7. The fourth-order valence-corrected chi connectivity index (χ4v) is 2.42. The van der Waals surface area contributed by atoms with Crippen molar-refractivity contribution in [3.05, 3.63) is 70.5 Å². The van der Waals surface area contributed by atoms with E-state index in [1.54, 1.807) is 0 Å². The molecule has 4 nitrogen and oxygen atoms in total. The molecule has 0 aliphatic heterocycles. The van der Waals surface area contributed by atoms with Crippen molar-refractivity contribution in [2.24, 2.45) is 5.73 Å². The minimum atomic E-state index is -0.778. The van der Waals surface area contributed by atoms with Crippen molar-refractivity contribution in [2.45, 2.75) is 32.7 Å². The van der Waals surface area contributed by atoms with Crippen molar-refractivity contribution >= 4 is 11.8 Å². The number of carbonyl (C=O) groups is 2. The highest BCUT2D eigenvalue weighted by molar-refractivity contribution is 5.87. The lowest BCUT2D eigenvalue weighted by Gasteiger charge is -2.16. The number of carbonyl (C=O) groups excluding carboxylic acids is 2. The molecule has 0 saturated carbocycles. The lowest BCUT2D eigenvalue weighted by atomic mass is 10.0. The number of nitrogens with one attached hydrogen (secondary N) is 1. The number of amides is 2. The Bertz CT molecular complexity index is 742. The van der Waals surface area contributed by atoms with Gasteiger partial charge in [0, 0.05) is 6.42 Å². The first-order valence-corrected chi connectivity index (χ1v) is 7.74. The predicted octanol–water partition coefficient (Wildman–Crippen LogP) is 2.20. The van der Waals surface area contributed by atoms with Gasteiger partial charge >= 0.3 is 0 Å². The number of benzene rings is 2. The molecule has 5 heteroatoms. The van der Waals surface area contributed by atoms with Crippen LogP contribution in [0.3, 0.4) is 0 Å². The summed E-state index contributed by atoms with van der Waals surface area (Å²) in [6.07, 6.45) is 0.405. The Morgan fingerprint density at radius 3 is 2.25 bits per heavy atom. The molecule has 2 aromatic rings. The van der Waals surface area contributed by atoms with E-state index in [0.29, 0.717) is 12.0 Å². The highest BCUT2D eigenvalue weighted by Crippen LogP contribution is 2.12. The van der Waals surface area contributed by atoms with Crippen LogP contribution < -0.4 is 11.1 Å². The van der Waals surface area contributed by atoms with Crippen molar-refractivity contribution < 1.29 is 14.0 Å². The number of primary amides is 1. The molecule has 0 spiro atoms. The first-order chi connectivity index (χ1) is 11.3. The maximum Gasteiger partial charge on any atom is 0.240 e. The number of hydrogen-bond donors (Lipinski definition) is 2. The van der Waals surface area contributed by atoms with Gasteiger partial charge in [-0.3, -0.25) is 9.59 Å². The second-order valence-electron chi connectivity index (χ2n) is 5.95. The van der Waals surface area contributed by atoms with E-state index in [9.17, 15) is 14.0 Å². The molecule has 2 aromatic carbocycles. The van der Waals surface area contributed by atoms with E-state index < -0.39 is 11.9 Å². The van der Waals surface area contributed by atoms with Crippen molar-refractivity contribution in [2.75, 3.05) is 0 Å². The van der Waals surface area contributed by atoms with Gasteiger partial charge in [0.15, 0.2) is 0 Å². The van der Waals surface area contributed by atoms with E-state index in [0.717, 1.165) is 16.7 Å². The zero-order chi connectivity index (χ0) is 17.7. The van der Waals surface area contributed by atoms with Crippen molar-refractivity contribution in [3.63, 3.8) is 0 Å². The van der Waals surface area contributed by atoms with E-state index in [4.69, 9.17) is 5.73 Å². The van der Waals surface area contributed by atoms with Gasteiger partial charge in [0.25, 0.3) is 0 Å². The average molecular weight is 328 g/mol. The Hall–Kier alpha value is -2.69. The third-order valence-electron chi connectivity index (χ3n) is 3.97. The van der Waals surface area contributed by atoms with Crippen molar-refractivity contribution in [1.29, 1.82) is 0 Å². The molecule has 2 amide bonds. The summed E-state index contributed by atoms with van der Waals surface area (Å²) in [4.78, 5) is 23.8. The number of hydrogen-bond acceptors (Lipinski definition) is 2. The smallest absolute Gasteiger partial charge is 0.240 e. The summed E-state index contributed by atoms with van der Waals surface area (Å²) in [6.45, 7) is 4.00. The molecule has 0 unspecified atom stereocenters. The molecule has 0 aromatic heterocycles. The number of halogens is 1. The van der Waals surface area contributed by atoms with E-state index in [1.807, 2.05) is 32.0 Å². The van der Waals surface area contributed by atoms with Gasteiger partial charge in [-0.15, -0.1) is 0 Å². The predicted molar refractivity (Wildman–Crippen MR) is 90.8 cm³/mol. The minimum absolute atomic E-state index is 0.0665. The van der Waals surface area contributed by atoms with Crippen LogP contribution in [0.4, 0.5) is 4.39 Å². The lowest BCUT2D eigenvalue weighted by molar-refractivity contribution is -0.127. The Morgan fingerprint density at radius 1 is 1.04 bits per heavy atom. The van der Waals surface area contributed by atoms with Gasteiger partial charge in [0.05, 0.1) is 6.42 Å². The molecule has 0 fully saturated rings. The van der Waals surface area contributed by atoms with Crippen LogP contribution in [-0.4, -0.2) is 17.9 Å². The first-order valence-electron chi connectivity index (χ1n) is 7.74. The molecule has 3 N–H and O–H groups in total. The molecule has 0 aliphatic rings. The van der Waals surface area contributed by atoms with Crippen molar-refractivity contribution in [1.82, 2.24) is 5.32 Å². The molecule has 0 saturated heterocycles. The summed E-state index contributed by atoms with van der Waals surface area (Å²) >= 11 is 0. The van der Waals surface area contributed by atoms with Crippen LogP contribution in [0.15, 0.2) is 42.5 Å². The van der Waals surface area contributed by atoms with Crippen molar-refractivity contribution in [3.8, 4) is 0 Å². The molecular formula is C19H21FN2O2. The normalized spacial score (nSPS) is 11.8. The van der Waals surface area contributed by atoms with Crippen LogP contribution in [0.1, 0.15) is 22.3 Å². The van der Waals surface area contributed by atoms with Gasteiger partial charge in [-0.2, -0.15) is 0 Å². The van der Waals surface area contributed by atoms with Crippen LogP contribution >= 0.6 is 0 Å². The Morgan fingerprint density at radius 2 is 1.67 bits per heavy atom. The maximum atomic E-state index is 12.9. The second-order valence-corrected chi connectivity index (χ2v) is 5.95. The highest BCUT2D eigenvalue weighted by atomic mass is 19.1. The number of rotatable bonds is 6. The van der Waals surface area contributed by atoms with Gasteiger partial charge in [-0.05, 0) is 48.2 Å². The summed E-state index contributed by atoms with van der Waals surface area (Å²) in [5.74, 6) is -1.26. The minimum Gasteiger partial charge on any atom is -0.368 e. The Labute approximate surface area is 140 Å². The van der Waals surface area contributed by atoms with E-state index in [2.05, 4.69) is 5.32 Å². The van der Waals surface area contributed by atoms with Gasteiger partial charge in [-0.1, -0.05) is 30.3 Å². The average Bonchev–Trinajstić information content (AvgIpc) is 2.52. The molecule has 24 heavy (non-hydrogen) atoms. The van der Waals surface area contributed by atoms with Gasteiger partial charge in [0.1, 0.15) is 11.9 Å². The molecule has 0 bridgehead atoms. The quantitative estimate of drug-likeness (QED) is 0.853. The molecule has 1 atom stereocenters. The Balaban J connectivity index is 2.02. The summed E-state index contributed by atoms with van der Waals surface area (Å²) in [5, 5.41) is 2.65. The topological polar surface area (TPSA) is 72.2 Å². The summed E-state index contributed by atoms with van der Waals surface area (Å²) in [7, 11) is 0. The zero-order valence-corrected chi connectivity index (χ0v) is 13.8. The van der Waals surface area contributed by atoms with E-state index >= 15 is 0 Å². The molecular weight excluding hydrogens is 307 g/mol. The molecule has 126 valence electrons. The van der Waals surface area contributed by atoms with Crippen LogP contribution in [-0.2, 0) is 22.4 Å². The molecule has 0 aliphatic carbocycles. The molecule has 0 radical (unpaired) electrons. The van der Waals surface area contributed by atoms with Crippen LogP contribution in [0.2, 0.25) is 0 Å². The number of nitrogens with two attached hydrogens (primary N) is 1. The summed E-state index contributed by atoms with van der Waals surface area (Å²) < 4.78 is 12.9. The van der Waals surface area contributed by atoms with Crippen LogP contribution in [0, 0.1) is 19.7 Å². The zero-order valence-electron chi connectivity index (χ0n) is 13.8. The molecule has 2 rings (SSSR count). The van der Waals surface area contributed by atoms with Crippen LogP contribution in [0.25, 0.3) is 0 Å². The van der Waals surface area contributed by atoms with Gasteiger partial charge in [0.2, 0.25) is 11.8 Å². The van der Waals surface area contributed by atoms with Crippen LogP contribution in [0.5, 0.6) is 0 Å². The molecule has 0 heterocycles. The fraction of sp³-hybridized carbons (Fsp3) is 0.263. The summed E-state index contributed by atoms with van der Waals surface area (Å²) in [5.41, 5.74) is 9.30. The summed E-state index contributed by atoms with van der Waals surface area (Å²) in [6, 6.07) is 10.8. The third-order valence-corrected chi connectivity index (χ3v) is 3.97. The SMILES string of the molecule is Cc1ccc(C[C@H](NC(=O)Cc2ccc(F)cc2)C(N)=O)cc1C. The third kappa shape index (κ3) is 4.91. The second kappa shape index (κ2) is 7.73. The monoisotopic (exact) mass is 328 g/mol. The van der Waals surface area contributed by atoms with E-state index in [1.165, 1.54) is 24.3 Å². The largest absolute Gasteiger partial charge is 0.368 e. The Kier molecular flexibility index (Phi) is 5.68. The fourth-order valence-electron chi connectivity index (χ4n) is 2.42. The standard InChI is InChI=1S/C19H21FN2O2/c1-12-3-4-15(9-13(12)2)10-17(19(21)24)22-18(23)11-14-5-7-16(20)8-6-14/h3-9,17H,10-11H2,1-2H3,(H2,21,24)(H,22,23)/t17-/m0/s1. The maximum absolute atomic E-state index is 12.9. The highest BCUT2D eigenvalue weighted by Gasteiger charge is 2.19. The lowest BCUT2D eigenvalue weighted by Crippen LogP contribution is -2.46. The van der Waals surface area contributed by atoms with E-state index in [-0.39, 0.29) is 18.1 Å². The van der Waals surface area contributed by atoms with Gasteiger partial charge in [-0.25, -0.2) is 4.39 Å². The van der Waals surface area contributed by atoms with Gasteiger partial charge < -0.3 is 11.1 Å². The number of aryl methyl sites for hydroxylation is 2.